The highest BCUT2D eigenvalue weighted by atomic mass is 35.7. The molecule has 0 radical (unpaired) electrons. The largest absolute Gasteiger partial charge is 0.398 e. The molecule has 15 nitrogen and oxygen atoms in total. The molecule has 0 saturated carbocycles. The van der Waals surface area contributed by atoms with Gasteiger partial charge in [-0.05, 0) is 54.6 Å². The molecule has 6 rings (SSSR count). The first-order valence-corrected chi connectivity index (χ1v) is 19.0. The highest BCUT2D eigenvalue weighted by molar-refractivity contribution is 8.13. The number of anilines is 3. The fourth-order valence-corrected chi connectivity index (χ4v) is 7.88. The van der Waals surface area contributed by atoms with Crippen LogP contribution < -0.4 is 16.4 Å². The monoisotopic (exact) mass is 791 g/mol. The molecule has 2 amide bonds. The van der Waals surface area contributed by atoms with E-state index in [1.807, 2.05) is 6.07 Å². The van der Waals surface area contributed by atoms with Crippen molar-refractivity contribution >= 4 is 82.7 Å². The molecular weight excluding hydrogens is 766 g/mol. The van der Waals surface area contributed by atoms with Gasteiger partial charge in [0.15, 0.2) is 0 Å². The molecule has 6 aromatic rings. The first kappa shape index (κ1) is 38.2. The van der Waals surface area contributed by atoms with Crippen LogP contribution in [0.1, 0.15) is 13.8 Å². The Morgan fingerprint density at radius 3 is 1.51 bits per heavy atom. The summed E-state index contributed by atoms with van der Waals surface area (Å²) >= 11 is 2.65. The molecule has 0 aliphatic rings. The summed E-state index contributed by atoms with van der Waals surface area (Å²) in [6.07, 6.45) is 3.21. The van der Waals surface area contributed by atoms with Gasteiger partial charge in [-0.1, -0.05) is 6.07 Å². The number of nitro benzene ring substituents is 2. The lowest BCUT2D eigenvalue weighted by molar-refractivity contribution is -0.385. The number of nitrogens with one attached hydrogen (secondary N) is 2. The zero-order valence-corrected chi connectivity index (χ0v) is 30.7. The van der Waals surface area contributed by atoms with Gasteiger partial charge < -0.3 is 16.4 Å². The second-order valence-corrected chi connectivity index (χ2v) is 15.6. The van der Waals surface area contributed by atoms with E-state index in [-0.39, 0.29) is 28.1 Å². The Bertz CT molecular complexity index is 2470. The number of carbonyl (C=O) groups is 2. The predicted octanol–water partition coefficient (Wildman–Crippen LogP) is 8.20. The normalized spacial score (nSPS) is 10.8. The fraction of sp³-hybridized carbons (Fsp3) is 0.0588. The molecule has 2 heterocycles. The van der Waals surface area contributed by atoms with Gasteiger partial charge >= 0.3 is 0 Å². The van der Waals surface area contributed by atoms with Crippen molar-refractivity contribution in [3.63, 3.8) is 0 Å². The zero-order valence-electron chi connectivity index (χ0n) is 27.5. The van der Waals surface area contributed by atoms with E-state index in [1.165, 1.54) is 79.1 Å². The van der Waals surface area contributed by atoms with E-state index in [4.69, 9.17) is 16.4 Å². The summed E-state index contributed by atoms with van der Waals surface area (Å²) in [5.41, 5.74) is 10.2. The van der Waals surface area contributed by atoms with E-state index in [1.54, 1.807) is 48.7 Å². The number of nitro groups is 2. The van der Waals surface area contributed by atoms with Crippen LogP contribution in [0.5, 0.6) is 0 Å². The van der Waals surface area contributed by atoms with Crippen molar-refractivity contribution in [2.75, 3.05) is 16.4 Å². The maximum Gasteiger partial charge on any atom is 0.269 e. The van der Waals surface area contributed by atoms with Crippen molar-refractivity contribution in [3.8, 4) is 42.0 Å². The SMILES string of the molecule is CC(=O)Nc1ccc(-c2cnc(-c3ccc([N+](=O)[O-])cc3)s2)c(N)c1.CC(=O)Nc1ccc(-c2cnc(-c3ccc([N+](=O)[O-])cc3)s2)c(S(=O)(=O)Cl)c1. The van der Waals surface area contributed by atoms with E-state index in [0.29, 0.717) is 38.1 Å². The highest BCUT2D eigenvalue weighted by Crippen LogP contribution is 2.39. The number of nitrogens with zero attached hydrogens (tertiary/aromatic N) is 4. The van der Waals surface area contributed by atoms with Crippen LogP contribution in [0, 0.1) is 20.2 Å². The van der Waals surface area contributed by atoms with Gasteiger partial charge in [0.1, 0.15) is 10.0 Å². The number of nitrogen functional groups attached to an aromatic ring is 1. The minimum atomic E-state index is -4.09. The average molecular weight is 792 g/mol. The van der Waals surface area contributed by atoms with Gasteiger partial charge in [-0.25, -0.2) is 18.4 Å². The molecule has 2 aromatic heterocycles. The van der Waals surface area contributed by atoms with Gasteiger partial charge in [0.25, 0.3) is 20.4 Å². The quantitative estimate of drug-likeness (QED) is 0.0547. The molecule has 0 unspecified atom stereocenters. The molecule has 0 bridgehead atoms. The number of non-ortho nitro benzene ring substituents is 2. The van der Waals surface area contributed by atoms with E-state index in [9.17, 15) is 38.2 Å². The molecule has 0 fully saturated rings. The Kier molecular flexibility index (Phi) is 11.6. The van der Waals surface area contributed by atoms with Crippen LogP contribution in [0.2, 0.25) is 0 Å². The molecule has 4 aromatic carbocycles. The Labute approximate surface area is 313 Å². The second-order valence-electron chi connectivity index (χ2n) is 11.0. The molecule has 270 valence electrons. The van der Waals surface area contributed by atoms with Gasteiger partial charge in [-0.2, -0.15) is 0 Å². The van der Waals surface area contributed by atoms with Gasteiger partial charge in [0.2, 0.25) is 11.8 Å². The lowest BCUT2D eigenvalue weighted by Gasteiger charge is -2.08. The molecule has 19 heteroatoms. The predicted molar refractivity (Wildman–Crippen MR) is 205 cm³/mol. The van der Waals surface area contributed by atoms with Crippen LogP contribution in [0.15, 0.2) is 102 Å². The molecular formula is C34H26ClN7O8S3. The summed E-state index contributed by atoms with van der Waals surface area (Å²) in [7, 11) is 1.49. The van der Waals surface area contributed by atoms with Crippen molar-refractivity contribution in [3.05, 3.63) is 118 Å². The third kappa shape index (κ3) is 9.63. The van der Waals surface area contributed by atoms with E-state index < -0.39 is 18.9 Å². The van der Waals surface area contributed by atoms with E-state index in [0.717, 1.165) is 21.0 Å². The number of halogens is 1. The summed E-state index contributed by atoms with van der Waals surface area (Å²) in [5, 5.41) is 28.0. The van der Waals surface area contributed by atoms with Gasteiger partial charge in [-0.3, -0.25) is 29.8 Å². The Morgan fingerprint density at radius 1 is 0.698 bits per heavy atom. The van der Waals surface area contributed by atoms with Crippen molar-refractivity contribution in [1.82, 2.24) is 9.97 Å². The number of thiazole rings is 2. The average Bonchev–Trinajstić information content (AvgIpc) is 3.79. The third-order valence-electron chi connectivity index (χ3n) is 7.13. The van der Waals surface area contributed by atoms with Crippen LogP contribution in [0.3, 0.4) is 0 Å². The van der Waals surface area contributed by atoms with Gasteiger partial charge in [0.05, 0.1) is 24.5 Å². The first-order chi connectivity index (χ1) is 25.1. The summed E-state index contributed by atoms with van der Waals surface area (Å²) in [5.74, 6) is -0.505. The van der Waals surface area contributed by atoms with Crippen molar-refractivity contribution in [2.45, 2.75) is 18.7 Å². The van der Waals surface area contributed by atoms with Crippen molar-refractivity contribution in [1.29, 1.82) is 0 Å². The maximum absolute atomic E-state index is 12.0. The van der Waals surface area contributed by atoms with Gasteiger partial charge in [-0.15, -0.1) is 22.7 Å². The van der Waals surface area contributed by atoms with E-state index >= 15 is 0 Å². The highest BCUT2D eigenvalue weighted by Gasteiger charge is 2.20. The Morgan fingerprint density at radius 2 is 1.11 bits per heavy atom. The molecule has 0 aliphatic carbocycles. The molecule has 53 heavy (non-hydrogen) atoms. The molecule has 0 atom stereocenters. The number of benzene rings is 4. The molecule has 4 N–H and O–H groups in total. The topological polar surface area (TPSA) is 230 Å². The lowest BCUT2D eigenvalue weighted by atomic mass is 10.1. The van der Waals surface area contributed by atoms with Crippen LogP contribution >= 0.6 is 33.4 Å². The smallest absolute Gasteiger partial charge is 0.269 e. The van der Waals surface area contributed by atoms with Crippen LogP contribution in [0.25, 0.3) is 42.0 Å². The van der Waals surface area contributed by atoms with E-state index in [2.05, 4.69) is 20.6 Å². The van der Waals surface area contributed by atoms with Crippen molar-refractivity contribution < 1.29 is 27.9 Å². The van der Waals surface area contributed by atoms with Gasteiger partial charge in [0, 0.05) is 101 Å². The zero-order chi connectivity index (χ0) is 38.4. The second kappa shape index (κ2) is 16.1. The number of rotatable bonds is 9. The minimum absolute atomic E-state index is 0.0374. The number of aromatic nitrogens is 2. The fourth-order valence-electron chi connectivity index (χ4n) is 4.79. The van der Waals surface area contributed by atoms with Crippen LogP contribution in [-0.2, 0) is 18.6 Å². The molecule has 0 aliphatic heterocycles. The number of hydrogen-bond acceptors (Lipinski definition) is 13. The third-order valence-corrected chi connectivity index (χ3v) is 10.7. The standard InChI is InChI=1S/C17H12ClN3O5S2.C17H14N4O3S/c1-10(22)20-12-4-7-14(16(8-12)28(18,25)26)15-9-19-17(27-15)11-2-5-13(6-3-11)21(23)24;1-10(22)20-12-4-7-14(15(18)8-12)16-9-19-17(25-16)11-2-5-13(6-3-11)21(23)24/h2-9H,1H3,(H,20,22);2-9H,18H2,1H3,(H,20,22). The lowest BCUT2D eigenvalue weighted by Crippen LogP contribution is -2.06. The molecule has 0 spiro atoms. The maximum atomic E-state index is 12.0. The summed E-state index contributed by atoms with van der Waals surface area (Å²) < 4.78 is 24.0. The van der Waals surface area contributed by atoms with Crippen molar-refractivity contribution in [2.24, 2.45) is 0 Å². The number of amides is 2. The number of nitrogens with two attached hydrogens (primary N) is 1. The number of carbonyl (C=O) groups excluding carboxylic acids is 2. The number of hydrogen-bond donors (Lipinski definition) is 3. The summed E-state index contributed by atoms with van der Waals surface area (Å²) in [4.78, 5) is 52.8. The first-order valence-electron chi connectivity index (χ1n) is 15.0. The van der Waals surface area contributed by atoms with Crippen LogP contribution in [-0.4, -0.2) is 40.0 Å². The Balaban J connectivity index is 0.000000206. The van der Waals surface area contributed by atoms with Crippen LogP contribution in [0.4, 0.5) is 28.4 Å². The molecule has 0 saturated heterocycles. The Hall–Kier alpha value is -6.08. The summed E-state index contributed by atoms with van der Waals surface area (Å²) in [6.45, 7) is 2.74. The summed E-state index contributed by atoms with van der Waals surface area (Å²) in [6, 6.07) is 21.8. The minimum Gasteiger partial charge on any atom is -0.398 e.